The highest BCUT2D eigenvalue weighted by atomic mass is 35.5. The first-order valence-corrected chi connectivity index (χ1v) is 9.89. The molecular formula is C19H30Cl4N2O. The predicted molar refractivity (Wildman–Crippen MR) is 115 cm³/mol. The summed E-state index contributed by atoms with van der Waals surface area (Å²) in [6.45, 7) is 2.88. The number of hydrogen-bond acceptors (Lipinski definition) is 3. The average molecular weight is 444 g/mol. The topological polar surface area (TPSA) is 49.5 Å². The number of benzene rings is 1. The molecule has 2 aliphatic rings. The van der Waals surface area contributed by atoms with Crippen molar-refractivity contribution in [3.8, 4) is 0 Å². The van der Waals surface area contributed by atoms with Crippen LogP contribution in [0.15, 0.2) is 18.2 Å². The van der Waals surface area contributed by atoms with Gasteiger partial charge in [-0.05, 0) is 56.5 Å². The molecule has 26 heavy (non-hydrogen) atoms. The highest BCUT2D eigenvalue weighted by Crippen LogP contribution is 2.42. The van der Waals surface area contributed by atoms with Gasteiger partial charge in [-0.1, -0.05) is 48.5 Å². The third-order valence-electron chi connectivity index (χ3n) is 5.79. The van der Waals surface area contributed by atoms with Crippen LogP contribution in [0.1, 0.15) is 56.4 Å². The van der Waals surface area contributed by atoms with Crippen LogP contribution in [0, 0.1) is 0 Å². The summed E-state index contributed by atoms with van der Waals surface area (Å²) in [5.74, 6) is 0.0712. The van der Waals surface area contributed by atoms with Gasteiger partial charge in [0.15, 0.2) is 0 Å². The molecule has 1 saturated carbocycles. The van der Waals surface area contributed by atoms with Crippen molar-refractivity contribution in [2.75, 3.05) is 19.6 Å². The van der Waals surface area contributed by atoms with Crippen molar-refractivity contribution in [2.45, 2.75) is 62.5 Å². The molecule has 1 heterocycles. The Kier molecular flexibility index (Phi) is 10.0. The third kappa shape index (κ3) is 5.88. The van der Waals surface area contributed by atoms with Crippen molar-refractivity contribution in [1.82, 2.24) is 4.90 Å². The van der Waals surface area contributed by atoms with E-state index in [1.807, 2.05) is 18.2 Å². The number of piperidine rings is 1. The Bertz CT molecular complexity index is 558. The maximum absolute atomic E-state index is 11.4. The van der Waals surface area contributed by atoms with Crippen LogP contribution in [0.2, 0.25) is 10.0 Å². The van der Waals surface area contributed by atoms with Crippen LogP contribution >= 0.6 is 48.0 Å². The maximum atomic E-state index is 11.4. The molecule has 0 amide bonds. The van der Waals surface area contributed by atoms with E-state index in [1.165, 1.54) is 6.42 Å². The van der Waals surface area contributed by atoms with Gasteiger partial charge in [-0.25, -0.2) is 0 Å². The van der Waals surface area contributed by atoms with Gasteiger partial charge in [0.1, 0.15) is 0 Å². The van der Waals surface area contributed by atoms with Crippen LogP contribution in [-0.2, 0) is 0 Å². The van der Waals surface area contributed by atoms with Crippen LogP contribution in [0.3, 0.4) is 0 Å². The number of rotatable bonds is 4. The summed E-state index contributed by atoms with van der Waals surface area (Å²) >= 11 is 12.4. The number of nitrogens with two attached hydrogens (primary N) is 1. The van der Waals surface area contributed by atoms with Crippen molar-refractivity contribution in [2.24, 2.45) is 5.73 Å². The van der Waals surface area contributed by atoms with Gasteiger partial charge >= 0.3 is 0 Å². The quantitative estimate of drug-likeness (QED) is 0.685. The molecule has 3 N–H and O–H groups in total. The van der Waals surface area contributed by atoms with Crippen LogP contribution < -0.4 is 5.73 Å². The fraction of sp³-hybridized carbons (Fsp3) is 0.684. The first kappa shape index (κ1) is 24.3. The lowest BCUT2D eigenvalue weighted by molar-refractivity contribution is -0.0324. The fourth-order valence-electron chi connectivity index (χ4n) is 4.22. The van der Waals surface area contributed by atoms with Gasteiger partial charge in [-0.3, -0.25) is 0 Å². The molecule has 1 saturated heterocycles. The number of likely N-dealkylation sites (tertiary alicyclic amines) is 1. The molecule has 1 aliphatic carbocycles. The molecule has 1 unspecified atom stereocenters. The van der Waals surface area contributed by atoms with E-state index in [-0.39, 0.29) is 30.7 Å². The second-order valence-corrected chi connectivity index (χ2v) is 8.34. The second kappa shape index (κ2) is 10.7. The van der Waals surface area contributed by atoms with Crippen LogP contribution in [0.4, 0.5) is 0 Å². The fourth-order valence-corrected chi connectivity index (χ4v) is 4.53. The summed E-state index contributed by atoms with van der Waals surface area (Å²) in [5, 5.41) is 12.5. The largest absolute Gasteiger partial charge is 0.389 e. The lowest BCUT2D eigenvalue weighted by Crippen LogP contribution is -2.47. The van der Waals surface area contributed by atoms with E-state index in [0.717, 1.165) is 63.7 Å². The van der Waals surface area contributed by atoms with Crippen molar-refractivity contribution in [1.29, 1.82) is 0 Å². The van der Waals surface area contributed by atoms with Gasteiger partial charge in [0.05, 0.1) is 15.6 Å². The highest BCUT2D eigenvalue weighted by molar-refractivity contribution is 6.42. The van der Waals surface area contributed by atoms with E-state index in [1.54, 1.807) is 0 Å². The number of nitrogens with zero attached hydrogens (tertiary/aromatic N) is 1. The Morgan fingerprint density at radius 1 is 1.08 bits per heavy atom. The van der Waals surface area contributed by atoms with E-state index in [4.69, 9.17) is 28.9 Å². The molecule has 1 aromatic rings. The smallest absolute Gasteiger partial charge is 0.0728 e. The van der Waals surface area contributed by atoms with Crippen molar-refractivity contribution in [3.05, 3.63) is 33.8 Å². The molecule has 1 aliphatic heterocycles. The minimum atomic E-state index is -0.644. The van der Waals surface area contributed by atoms with Crippen molar-refractivity contribution < 1.29 is 5.11 Å². The van der Waals surface area contributed by atoms with Crippen LogP contribution in [0.5, 0.6) is 0 Å². The maximum Gasteiger partial charge on any atom is 0.0728 e. The molecule has 0 aromatic heterocycles. The third-order valence-corrected chi connectivity index (χ3v) is 6.53. The van der Waals surface area contributed by atoms with Gasteiger partial charge in [0.25, 0.3) is 0 Å². The SMILES string of the molecule is Cl.Cl.NC1CCN(CC(c2ccc(Cl)c(Cl)c2)C2(O)CCCCC2)CC1. The summed E-state index contributed by atoms with van der Waals surface area (Å²) in [4.78, 5) is 2.45. The second-order valence-electron chi connectivity index (χ2n) is 7.53. The molecule has 3 nitrogen and oxygen atoms in total. The first-order chi connectivity index (χ1) is 11.5. The molecular weight excluding hydrogens is 414 g/mol. The Morgan fingerprint density at radius 3 is 2.27 bits per heavy atom. The average Bonchev–Trinajstić information content (AvgIpc) is 2.57. The molecule has 1 aromatic carbocycles. The zero-order valence-corrected chi connectivity index (χ0v) is 18.1. The minimum Gasteiger partial charge on any atom is -0.389 e. The summed E-state index contributed by atoms with van der Waals surface area (Å²) in [6.07, 6.45) is 7.21. The van der Waals surface area contributed by atoms with E-state index < -0.39 is 5.60 Å². The van der Waals surface area contributed by atoms with E-state index in [9.17, 15) is 5.11 Å². The lowest BCUT2D eigenvalue weighted by Gasteiger charge is -2.43. The summed E-state index contributed by atoms with van der Waals surface area (Å²) in [6, 6.07) is 6.14. The first-order valence-electron chi connectivity index (χ1n) is 9.13. The molecule has 3 rings (SSSR count). The Morgan fingerprint density at radius 2 is 1.69 bits per heavy atom. The van der Waals surface area contributed by atoms with Gasteiger partial charge in [-0.2, -0.15) is 0 Å². The summed E-state index contributed by atoms with van der Waals surface area (Å²) in [5.41, 5.74) is 6.49. The monoisotopic (exact) mass is 442 g/mol. The zero-order chi connectivity index (χ0) is 17.2. The van der Waals surface area contributed by atoms with E-state index >= 15 is 0 Å². The van der Waals surface area contributed by atoms with Crippen LogP contribution in [0.25, 0.3) is 0 Å². The van der Waals surface area contributed by atoms with Crippen LogP contribution in [-0.4, -0.2) is 41.3 Å². The lowest BCUT2D eigenvalue weighted by atomic mass is 9.72. The predicted octanol–water partition coefficient (Wildman–Crippen LogP) is 5.04. The normalized spacial score (nSPS) is 22.2. The van der Waals surface area contributed by atoms with Gasteiger partial charge < -0.3 is 15.7 Å². The summed E-state index contributed by atoms with van der Waals surface area (Å²) < 4.78 is 0. The van der Waals surface area contributed by atoms with Gasteiger partial charge in [-0.15, -0.1) is 24.8 Å². The van der Waals surface area contributed by atoms with E-state index in [2.05, 4.69) is 4.90 Å². The highest BCUT2D eigenvalue weighted by Gasteiger charge is 2.40. The standard InChI is InChI=1S/C19H28Cl2N2O.2ClH/c20-17-5-4-14(12-18(17)21)16(19(24)8-2-1-3-9-19)13-23-10-6-15(22)7-11-23;;/h4-5,12,15-16,24H,1-3,6-11,13,22H2;2*1H. The van der Waals surface area contributed by atoms with Crippen molar-refractivity contribution >= 4 is 48.0 Å². The zero-order valence-electron chi connectivity index (χ0n) is 15.0. The Hall–Kier alpha value is 0.260. The van der Waals surface area contributed by atoms with Crippen molar-refractivity contribution in [3.63, 3.8) is 0 Å². The molecule has 7 heteroatoms. The molecule has 1 atom stereocenters. The minimum absolute atomic E-state index is 0. The molecule has 150 valence electrons. The molecule has 0 radical (unpaired) electrons. The molecule has 0 bridgehead atoms. The molecule has 2 fully saturated rings. The Labute approximate surface area is 179 Å². The van der Waals surface area contributed by atoms with Gasteiger partial charge in [0.2, 0.25) is 0 Å². The Balaban J connectivity index is 0.00000169. The number of aliphatic hydroxyl groups is 1. The van der Waals surface area contributed by atoms with Gasteiger partial charge in [0, 0.05) is 18.5 Å². The summed E-state index contributed by atoms with van der Waals surface area (Å²) in [7, 11) is 0. The van der Waals surface area contributed by atoms with E-state index in [0.29, 0.717) is 16.1 Å². The molecule has 0 spiro atoms. The number of hydrogen-bond donors (Lipinski definition) is 2. The number of halogens is 4.